The van der Waals surface area contributed by atoms with Crippen molar-refractivity contribution in [2.24, 2.45) is 0 Å². The van der Waals surface area contributed by atoms with Gasteiger partial charge in [0.05, 0.1) is 13.7 Å². The molecule has 0 aliphatic rings. The van der Waals surface area contributed by atoms with Crippen LogP contribution in [-0.2, 0) is 14.3 Å². The second-order valence-corrected chi connectivity index (χ2v) is 4.74. The molecule has 0 saturated carbocycles. The number of carbonyl (C=O) groups excluding carboxylic acids is 2. The Labute approximate surface area is 132 Å². The fourth-order valence-corrected chi connectivity index (χ4v) is 2.09. The van der Waals surface area contributed by atoms with Crippen molar-refractivity contribution in [1.82, 2.24) is 4.90 Å². The van der Waals surface area contributed by atoms with E-state index in [1.165, 1.54) is 7.11 Å². The lowest BCUT2D eigenvalue weighted by Crippen LogP contribution is -2.36. The van der Waals surface area contributed by atoms with E-state index in [0.29, 0.717) is 12.3 Å². The number of halogens is 3. The molecule has 1 rings (SSSR count). The Morgan fingerprint density at radius 1 is 1.26 bits per heavy atom. The molecule has 0 aromatic heterocycles. The van der Waals surface area contributed by atoms with Gasteiger partial charge in [-0.1, -0.05) is 25.1 Å². The van der Waals surface area contributed by atoms with Crippen LogP contribution in [0, 0.1) is 0 Å². The van der Waals surface area contributed by atoms with E-state index in [-0.39, 0.29) is 6.04 Å². The third-order valence-corrected chi connectivity index (χ3v) is 3.31. The van der Waals surface area contributed by atoms with Crippen molar-refractivity contribution in [3.05, 3.63) is 29.8 Å². The highest BCUT2D eigenvalue weighted by molar-refractivity contribution is 5.89. The van der Waals surface area contributed by atoms with E-state index >= 15 is 0 Å². The van der Waals surface area contributed by atoms with Gasteiger partial charge in [0, 0.05) is 11.6 Å². The Balaban J connectivity index is 2.80. The van der Waals surface area contributed by atoms with Crippen LogP contribution >= 0.6 is 0 Å². The third kappa shape index (κ3) is 5.24. The number of para-hydroxylation sites is 1. The van der Waals surface area contributed by atoms with E-state index in [1.54, 1.807) is 43.0 Å². The van der Waals surface area contributed by atoms with Crippen LogP contribution in [0.25, 0.3) is 0 Å². The van der Waals surface area contributed by atoms with Gasteiger partial charge in [0.15, 0.2) is 0 Å². The van der Waals surface area contributed by atoms with Crippen LogP contribution in [0.3, 0.4) is 0 Å². The molecular formula is C15H18F3NO4. The molecule has 5 nitrogen and oxygen atoms in total. The Bertz CT molecular complexity index is 560. The van der Waals surface area contributed by atoms with Gasteiger partial charge in [-0.2, -0.15) is 13.2 Å². The largest absolute Gasteiger partial charge is 0.496 e. The van der Waals surface area contributed by atoms with Gasteiger partial charge in [-0.15, -0.1) is 0 Å². The summed E-state index contributed by atoms with van der Waals surface area (Å²) in [5.41, 5.74) is 0.770. The van der Waals surface area contributed by atoms with Crippen molar-refractivity contribution >= 4 is 11.9 Å². The van der Waals surface area contributed by atoms with Crippen LogP contribution in [-0.4, -0.2) is 43.2 Å². The second kappa shape index (κ2) is 7.96. The monoisotopic (exact) mass is 333 g/mol. The lowest BCUT2D eigenvalue weighted by molar-refractivity contribution is -0.202. The smallest absolute Gasteiger partial charge is 0.491 e. The maximum absolute atomic E-state index is 12.1. The predicted molar refractivity (Wildman–Crippen MR) is 75.8 cm³/mol. The number of likely N-dealkylation sites (N-methyl/N-ethyl adjacent to an activating group) is 1. The van der Waals surface area contributed by atoms with Crippen molar-refractivity contribution in [3.63, 3.8) is 0 Å². The van der Waals surface area contributed by atoms with E-state index in [4.69, 9.17) is 4.74 Å². The van der Waals surface area contributed by atoms with Crippen LogP contribution < -0.4 is 4.74 Å². The number of hydrogen-bond donors (Lipinski definition) is 0. The molecule has 1 atom stereocenters. The molecule has 0 heterocycles. The number of carbonyl (C=O) groups is 2. The molecule has 0 N–H and O–H groups in total. The van der Waals surface area contributed by atoms with Gasteiger partial charge < -0.3 is 9.47 Å². The zero-order chi connectivity index (χ0) is 17.6. The zero-order valence-electron chi connectivity index (χ0n) is 13.0. The number of alkyl halides is 3. The Morgan fingerprint density at radius 2 is 1.87 bits per heavy atom. The summed E-state index contributed by atoms with van der Waals surface area (Å²) in [5, 5.41) is 0. The minimum absolute atomic E-state index is 0.315. The summed E-state index contributed by atoms with van der Waals surface area (Å²) in [6.45, 7) is 3.44. The summed E-state index contributed by atoms with van der Waals surface area (Å²) in [4.78, 5) is 23.8. The molecule has 1 unspecified atom stereocenters. The van der Waals surface area contributed by atoms with Crippen LogP contribution in [0.1, 0.15) is 25.5 Å². The van der Waals surface area contributed by atoms with E-state index in [2.05, 4.69) is 4.74 Å². The molecule has 1 aromatic rings. The number of ether oxygens (including phenoxy) is 2. The minimum Gasteiger partial charge on any atom is -0.496 e. The minimum atomic E-state index is -5.19. The number of rotatable bonds is 6. The quantitative estimate of drug-likeness (QED) is 0.592. The molecule has 1 aromatic carbocycles. The number of esters is 2. The third-order valence-electron chi connectivity index (χ3n) is 3.31. The fourth-order valence-electron chi connectivity index (χ4n) is 2.09. The highest BCUT2D eigenvalue weighted by Gasteiger charge is 2.42. The topological polar surface area (TPSA) is 55.8 Å². The zero-order valence-corrected chi connectivity index (χ0v) is 13.0. The average Bonchev–Trinajstić information content (AvgIpc) is 2.50. The Kier molecular flexibility index (Phi) is 6.56. The number of hydrogen-bond acceptors (Lipinski definition) is 5. The molecule has 0 fully saturated rings. The number of methoxy groups -OCH3 is 1. The average molecular weight is 333 g/mol. The molecule has 0 aliphatic heterocycles. The molecule has 0 spiro atoms. The second-order valence-electron chi connectivity index (χ2n) is 4.74. The normalized spacial score (nSPS) is 12.8. The highest BCUT2D eigenvalue weighted by atomic mass is 19.4. The van der Waals surface area contributed by atoms with Crippen molar-refractivity contribution in [2.75, 3.05) is 20.2 Å². The van der Waals surface area contributed by atoms with Crippen molar-refractivity contribution in [3.8, 4) is 5.75 Å². The summed E-state index contributed by atoms with van der Waals surface area (Å²) < 4.78 is 45.3. The van der Waals surface area contributed by atoms with Crippen LogP contribution in [0.4, 0.5) is 13.2 Å². The van der Waals surface area contributed by atoms with Gasteiger partial charge in [-0.25, -0.2) is 4.79 Å². The summed E-state index contributed by atoms with van der Waals surface area (Å²) in [7, 11) is 1.50. The predicted octanol–water partition coefficient (Wildman–Crippen LogP) is 2.71. The van der Waals surface area contributed by atoms with Gasteiger partial charge in [-0.05, 0) is 19.5 Å². The molecule has 23 heavy (non-hydrogen) atoms. The summed E-state index contributed by atoms with van der Waals surface area (Å²) in [6, 6.07) is 6.78. The maximum Gasteiger partial charge on any atom is 0.491 e. The number of nitrogens with zero attached hydrogens (tertiary/aromatic N) is 1. The maximum atomic E-state index is 12.1. The number of benzene rings is 1. The van der Waals surface area contributed by atoms with Gasteiger partial charge in [0.25, 0.3) is 0 Å². The first-order chi connectivity index (χ1) is 10.7. The van der Waals surface area contributed by atoms with Crippen molar-refractivity contribution in [2.45, 2.75) is 26.1 Å². The van der Waals surface area contributed by atoms with Crippen molar-refractivity contribution in [1.29, 1.82) is 0 Å². The van der Waals surface area contributed by atoms with Gasteiger partial charge >= 0.3 is 18.1 Å². The molecule has 0 amide bonds. The van der Waals surface area contributed by atoms with E-state index in [0.717, 1.165) is 5.56 Å². The van der Waals surface area contributed by atoms with Crippen LogP contribution in [0.2, 0.25) is 0 Å². The highest BCUT2D eigenvalue weighted by Crippen LogP contribution is 2.28. The van der Waals surface area contributed by atoms with Gasteiger partial charge in [0.2, 0.25) is 0 Å². The van der Waals surface area contributed by atoms with Gasteiger partial charge in [0.1, 0.15) is 5.75 Å². The summed E-state index contributed by atoms with van der Waals surface area (Å²) >= 11 is 0. The first-order valence-corrected chi connectivity index (χ1v) is 6.89. The van der Waals surface area contributed by atoms with Crippen LogP contribution in [0.5, 0.6) is 5.75 Å². The summed E-state index contributed by atoms with van der Waals surface area (Å²) in [5.74, 6) is -3.17. The molecule has 0 aliphatic carbocycles. The van der Waals surface area contributed by atoms with E-state index in [9.17, 15) is 22.8 Å². The SMILES string of the molecule is CCN(CC(=O)OC(=O)C(F)(F)F)C(C)c1ccccc1OC. The van der Waals surface area contributed by atoms with Gasteiger partial charge in [-0.3, -0.25) is 9.69 Å². The fraction of sp³-hybridized carbons (Fsp3) is 0.467. The van der Waals surface area contributed by atoms with E-state index < -0.39 is 24.7 Å². The first kappa shape index (κ1) is 19.0. The van der Waals surface area contributed by atoms with Crippen molar-refractivity contribution < 1.29 is 32.2 Å². The molecule has 8 heteroatoms. The molecular weight excluding hydrogens is 315 g/mol. The van der Waals surface area contributed by atoms with E-state index in [1.807, 2.05) is 0 Å². The Hall–Kier alpha value is -2.09. The first-order valence-electron chi connectivity index (χ1n) is 6.89. The molecule has 0 radical (unpaired) electrons. The summed E-state index contributed by atoms with van der Waals surface area (Å²) in [6.07, 6.45) is -5.19. The lowest BCUT2D eigenvalue weighted by Gasteiger charge is -2.28. The van der Waals surface area contributed by atoms with Crippen LogP contribution in [0.15, 0.2) is 24.3 Å². The lowest BCUT2D eigenvalue weighted by atomic mass is 10.1. The molecule has 128 valence electrons. The standard InChI is InChI=1S/C15H18F3NO4/c1-4-19(9-13(20)23-14(21)15(16,17)18)10(2)11-7-5-6-8-12(11)22-3/h5-8,10H,4,9H2,1-3H3. The molecule has 0 bridgehead atoms. The Morgan fingerprint density at radius 3 is 2.39 bits per heavy atom. The molecule has 0 saturated heterocycles.